The highest BCUT2D eigenvalue weighted by molar-refractivity contribution is 8.00. The molecule has 1 aliphatic carbocycles. The predicted molar refractivity (Wildman–Crippen MR) is 49.5 cm³/mol. The lowest BCUT2D eigenvalue weighted by Crippen LogP contribution is -2.03. The van der Waals surface area contributed by atoms with Gasteiger partial charge in [0.1, 0.15) is 0 Å². The average Bonchev–Trinajstić information content (AvgIpc) is 2.40. The van der Waals surface area contributed by atoms with Crippen LogP contribution in [0.4, 0.5) is 0 Å². The van der Waals surface area contributed by atoms with Crippen molar-refractivity contribution in [2.75, 3.05) is 0 Å². The van der Waals surface area contributed by atoms with E-state index in [0.29, 0.717) is 11.7 Å². The van der Waals surface area contributed by atoms with Gasteiger partial charge in [0.25, 0.3) is 0 Å². The van der Waals surface area contributed by atoms with E-state index >= 15 is 0 Å². The van der Waals surface area contributed by atoms with Crippen LogP contribution in [0.2, 0.25) is 0 Å². The lowest BCUT2D eigenvalue weighted by molar-refractivity contribution is 0.885. The molecular weight excluding hydrogens is 154 g/mol. The monoisotopic (exact) mass is 169 g/mol. The van der Waals surface area contributed by atoms with Crippen LogP contribution in [0.5, 0.6) is 0 Å². The van der Waals surface area contributed by atoms with Crippen molar-refractivity contribution in [2.24, 2.45) is 0 Å². The maximum atomic E-state index is 8.45. The van der Waals surface area contributed by atoms with Gasteiger partial charge in [-0.3, -0.25) is 0 Å². The van der Waals surface area contributed by atoms with Gasteiger partial charge in [0.15, 0.2) is 0 Å². The Bertz CT molecular complexity index is 144. The van der Waals surface area contributed by atoms with E-state index < -0.39 is 0 Å². The van der Waals surface area contributed by atoms with E-state index in [2.05, 4.69) is 13.0 Å². The number of nitrogens with zero attached hydrogens (tertiary/aromatic N) is 1. The van der Waals surface area contributed by atoms with Gasteiger partial charge in [-0.1, -0.05) is 19.8 Å². The first-order valence-electron chi connectivity index (χ1n) is 4.35. The molecule has 0 N–H and O–H groups in total. The molecule has 0 saturated heterocycles. The quantitative estimate of drug-likeness (QED) is 0.648. The van der Waals surface area contributed by atoms with Crippen LogP contribution in [-0.4, -0.2) is 10.5 Å². The third-order valence-corrected chi connectivity index (χ3v) is 3.59. The fourth-order valence-electron chi connectivity index (χ4n) is 1.53. The van der Waals surface area contributed by atoms with Crippen molar-refractivity contribution in [3.63, 3.8) is 0 Å². The van der Waals surface area contributed by atoms with E-state index in [1.807, 2.05) is 11.8 Å². The molecule has 1 unspecified atom stereocenters. The highest BCUT2D eigenvalue weighted by atomic mass is 32.2. The second-order valence-corrected chi connectivity index (χ2v) is 4.96. The maximum absolute atomic E-state index is 8.45. The Hall–Kier alpha value is -0.160. The van der Waals surface area contributed by atoms with Gasteiger partial charge < -0.3 is 0 Å². The molecule has 0 heterocycles. The fraction of sp³-hybridized carbons (Fsp3) is 0.889. The molecule has 0 aromatic rings. The smallest absolute Gasteiger partial charge is 0.0633 e. The van der Waals surface area contributed by atoms with Crippen molar-refractivity contribution < 1.29 is 0 Å². The second-order valence-electron chi connectivity index (χ2n) is 3.22. The molecule has 0 aliphatic heterocycles. The summed E-state index contributed by atoms with van der Waals surface area (Å²) in [4.78, 5) is 0. The van der Waals surface area contributed by atoms with Gasteiger partial charge in [0.2, 0.25) is 0 Å². The van der Waals surface area contributed by atoms with Crippen LogP contribution in [0.15, 0.2) is 0 Å². The van der Waals surface area contributed by atoms with Crippen molar-refractivity contribution in [1.82, 2.24) is 0 Å². The van der Waals surface area contributed by atoms with Gasteiger partial charge in [-0.15, -0.1) is 0 Å². The molecule has 1 nitrogen and oxygen atoms in total. The highest BCUT2D eigenvalue weighted by Gasteiger charge is 2.17. The van der Waals surface area contributed by atoms with Crippen molar-refractivity contribution in [3.05, 3.63) is 0 Å². The van der Waals surface area contributed by atoms with Gasteiger partial charge in [-0.05, 0) is 12.8 Å². The normalized spacial score (nSPS) is 21.5. The van der Waals surface area contributed by atoms with Crippen LogP contribution in [0.25, 0.3) is 0 Å². The van der Waals surface area contributed by atoms with E-state index in [9.17, 15) is 0 Å². The van der Waals surface area contributed by atoms with Crippen LogP contribution in [0.3, 0.4) is 0 Å². The Morgan fingerprint density at radius 2 is 2.18 bits per heavy atom. The summed E-state index contributed by atoms with van der Waals surface area (Å²) in [6, 6.07) is 2.22. The molecule has 0 aromatic carbocycles. The zero-order valence-electron chi connectivity index (χ0n) is 7.05. The fourth-order valence-corrected chi connectivity index (χ4v) is 2.96. The summed E-state index contributed by atoms with van der Waals surface area (Å²) < 4.78 is 0. The molecule has 1 saturated carbocycles. The molecule has 0 spiro atoms. The van der Waals surface area contributed by atoms with Crippen molar-refractivity contribution >= 4 is 11.8 Å². The Morgan fingerprint density at radius 3 is 2.73 bits per heavy atom. The van der Waals surface area contributed by atoms with Crippen LogP contribution < -0.4 is 0 Å². The average molecular weight is 169 g/mol. The van der Waals surface area contributed by atoms with E-state index in [1.54, 1.807) is 0 Å². The summed E-state index contributed by atoms with van der Waals surface area (Å²) in [6.45, 7) is 2.16. The molecule has 1 aliphatic rings. The summed E-state index contributed by atoms with van der Waals surface area (Å²) in [5.41, 5.74) is 0. The van der Waals surface area contributed by atoms with Gasteiger partial charge in [0, 0.05) is 16.9 Å². The Kier molecular flexibility index (Phi) is 3.79. The number of thioether (sulfide) groups is 1. The minimum atomic E-state index is 0.545. The summed E-state index contributed by atoms with van der Waals surface area (Å²) in [5, 5.41) is 9.85. The second kappa shape index (κ2) is 4.66. The molecule has 1 atom stereocenters. The van der Waals surface area contributed by atoms with Gasteiger partial charge in [-0.2, -0.15) is 17.0 Å². The third-order valence-electron chi connectivity index (χ3n) is 2.11. The van der Waals surface area contributed by atoms with Crippen molar-refractivity contribution in [1.29, 1.82) is 5.26 Å². The molecule has 0 bridgehead atoms. The minimum absolute atomic E-state index is 0.545. The third kappa shape index (κ3) is 3.16. The first kappa shape index (κ1) is 8.93. The van der Waals surface area contributed by atoms with Gasteiger partial charge >= 0.3 is 0 Å². The molecule has 62 valence electrons. The van der Waals surface area contributed by atoms with E-state index in [0.717, 1.165) is 5.25 Å². The summed E-state index contributed by atoms with van der Waals surface area (Å²) in [5.74, 6) is 0. The molecule has 0 amide bonds. The number of hydrogen-bond donors (Lipinski definition) is 0. The standard InChI is InChI=1S/C9H15NS/c1-8(6-7-10)11-9-4-2-3-5-9/h8-9H,2-6H2,1H3. The number of rotatable bonds is 3. The Balaban J connectivity index is 2.14. The SMILES string of the molecule is CC(CC#N)SC1CCCC1. The molecule has 0 aromatic heterocycles. The molecule has 1 fully saturated rings. The lowest BCUT2D eigenvalue weighted by atomic mass is 10.4. The van der Waals surface area contributed by atoms with E-state index in [1.165, 1.54) is 25.7 Å². The van der Waals surface area contributed by atoms with Crippen LogP contribution >= 0.6 is 11.8 Å². The number of hydrogen-bond acceptors (Lipinski definition) is 2. The largest absolute Gasteiger partial charge is 0.198 e. The van der Waals surface area contributed by atoms with Gasteiger partial charge in [0.05, 0.1) is 6.07 Å². The highest BCUT2D eigenvalue weighted by Crippen LogP contribution is 2.32. The molecule has 2 heteroatoms. The zero-order chi connectivity index (χ0) is 8.10. The van der Waals surface area contributed by atoms with Crippen molar-refractivity contribution in [2.45, 2.75) is 49.5 Å². The maximum Gasteiger partial charge on any atom is 0.0633 e. The van der Waals surface area contributed by atoms with E-state index in [4.69, 9.17) is 5.26 Å². The summed E-state index contributed by atoms with van der Waals surface area (Å²) in [7, 11) is 0. The molecule has 11 heavy (non-hydrogen) atoms. The Labute approximate surface area is 73.2 Å². The molecule has 1 rings (SSSR count). The van der Waals surface area contributed by atoms with Gasteiger partial charge in [-0.25, -0.2) is 0 Å². The Morgan fingerprint density at radius 1 is 1.55 bits per heavy atom. The van der Waals surface area contributed by atoms with Crippen molar-refractivity contribution in [3.8, 4) is 6.07 Å². The summed E-state index contributed by atoms with van der Waals surface area (Å²) in [6.07, 6.45) is 6.26. The topological polar surface area (TPSA) is 23.8 Å². The summed E-state index contributed by atoms with van der Waals surface area (Å²) >= 11 is 2.01. The lowest BCUT2D eigenvalue weighted by Gasteiger charge is -2.12. The first-order chi connectivity index (χ1) is 5.33. The molecule has 0 radical (unpaired) electrons. The van der Waals surface area contributed by atoms with Crippen LogP contribution in [-0.2, 0) is 0 Å². The zero-order valence-corrected chi connectivity index (χ0v) is 7.86. The van der Waals surface area contributed by atoms with E-state index in [-0.39, 0.29) is 0 Å². The van der Waals surface area contributed by atoms with Crippen LogP contribution in [0, 0.1) is 11.3 Å². The number of nitriles is 1. The molecular formula is C9H15NS. The van der Waals surface area contributed by atoms with Crippen LogP contribution in [0.1, 0.15) is 39.0 Å². The predicted octanol–water partition coefficient (Wildman–Crippen LogP) is 2.96. The first-order valence-corrected chi connectivity index (χ1v) is 5.29. The minimum Gasteiger partial charge on any atom is -0.198 e.